The maximum atomic E-state index is 11.0. The summed E-state index contributed by atoms with van der Waals surface area (Å²) in [5, 5.41) is 0. The fourth-order valence-electron chi connectivity index (χ4n) is 3.41. The molecule has 3 rings (SSSR count). The molecule has 0 atom stereocenters. The van der Waals surface area contributed by atoms with E-state index in [0.29, 0.717) is 18.1 Å². The number of isocyanates is 1. The lowest BCUT2D eigenvalue weighted by atomic mass is 9.88. The third-order valence-corrected chi connectivity index (χ3v) is 4.62. The van der Waals surface area contributed by atoms with Gasteiger partial charge in [-0.05, 0) is 24.5 Å². The Kier molecular flexibility index (Phi) is 4.97. The molecule has 0 aliphatic heterocycles. The van der Waals surface area contributed by atoms with E-state index in [1.165, 1.54) is 0 Å². The van der Waals surface area contributed by atoms with Crippen LogP contribution in [0.25, 0.3) is 0 Å². The highest BCUT2D eigenvalue weighted by molar-refractivity contribution is 5.52. The van der Waals surface area contributed by atoms with Crippen molar-refractivity contribution in [2.24, 2.45) is 4.99 Å². The van der Waals surface area contributed by atoms with Crippen molar-refractivity contribution >= 4 is 6.08 Å². The van der Waals surface area contributed by atoms with E-state index >= 15 is 0 Å². The number of benzene rings is 2. The zero-order chi connectivity index (χ0) is 16.8. The highest BCUT2D eigenvalue weighted by Gasteiger charge is 2.39. The van der Waals surface area contributed by atoms with E-state index in [0.717, 1.165) is 36.8 Å². The Morgan fingerprint density at radius 2 is 1.83 bits per heavy atom. The van der Waals surface area contributed by atoms with Crippen molar-refractivity contribution in [3.05, 3.63) is 59.7 Å². The highest BCUT2D eigenvalue weighted by Crippen LogP contribution is 2.48. The van der Waals surface area contributed by atoms with Gasteiger partial charge in [-0.3, -0.25) is 0 Å². The van der Waals surface area contributed by atoms with Crippen LogP contribution in [0.1, 0.15) is 36.8 Å². The molecular formula is C20H21NO3. The quantitative estimate of drug-likeness (QED) is 0.585. The van der Waals surface area contributed by atoms with Crippen molar-refractivity contribution in [2.45, 2.75) is 37.8 Å². The van der Waals surface area contributed by atoms with Crippen molar-refractivity contribution in [2.75, 3.05) is 7.11 Å². The monoisotopic (exact) mass is 323 g/mol. The normalized spacial score (nSPS) is 15.5. The summed E-state index contributed by atoms with van der Waals surface area (Å²) in [6.07, 6.45) is 5.51. The zero-order valence-electron chi connectivity index (χ0n) is 13.8. The molecule has 0 bridgehead atoms. The van der Waals surface area contributed by atoms with Crippen molar-refractivity contribution in [3.63, 3.8) is 0 Å². The smallest absolute Gasteiger partial charge is 0.235 e. The molecule has 0 heterocycles. The summed E-state index contributed by atoms with van der Waals surface area (Å²) in [5.74, 6) is 1.33. The lowest BCUT2D eigenvalue weighted by Crippen LogP contribution is -2.20. The molecule has 124 valence electrons. The average molecular weight is 323 g/mol. The molecule has 1 aliphatic rings. The fourth-order valence-corrected chi connectivity index (χ4v) is 3.41. The maximum absolute atomic E-state index is 11.0. The number of hydrogen-bond acceptors (Lipinski definition) is 4. The Labute approximate surface area is 142 Å². The van der Waals surface area contributed by atoms with Gasteiger partial charge in [-0.25, -0.2) is 4.79 Å². The number of para-hydroxylation sites is 1. The molecule has 0 unspecified atom stereocenters. The third-order valence-electron chi connectivity index (χ3n) is 4.62. The van der Waals surface area contributed by atoms with Gasteiger partial charge >= 0.3 is 0 Å². The maximum Gasteiger partial charge on any atom is 0.235 e. The number of methoxy groups -OCH3 is 1. The molecule has 0 radical (unpaired) electrons. The van der Waals surface area contributed by atoms with Gasteiger partial charge in [0.15, 0.2) is 11.5 Å². The zero-order valence-corrected chi connectivity index (χ0v) is 13.8. The SMILES string of the molecule is COc1cccc(C2(N=C=O)CCCC2)c1OCc1ccccc1. The molecule has 1 aliphatic carbocycles. The van der Waals surface area contributed by atoms with Crippen LogP contribution in [-0.4, -0.2) is 13.2 Å². The largest absolute Gasteiger partial charge is 0.493 e. The van der Waals surface area contributed by atoms with E-state index < -0.39 is 5.54 Å². The molecule has 0 N–H and O–H groups in total. The van der Waals surface area contributed by atoms with Gasteiger partial charge in [-0.2, -0.15) is 4.99 Å². The predicted octanol–water partition coefficient (Wildman–Crippen LogP) is 4.38. The molecule has 0 spiro atoms. The molecule has 2 aromatic rings. The van der Waals surface area contributed by atoms with Gasteiger partial charge in [0.1, 0.15) is 12.1 Å². The van der Waals surface area contributed by atoms with Gasteiger partial charge in [-0.15, -0.1) is 0 Å². The van der Waals surface area contributed by atoms with Gasteiger partial charge in [0.2, 0.25) is 6.08 Å². The minimum absolute atomic E-state index is 0.440. The molecular weight excluding hydrogens is 302 g/mol. The molecule has 4 heteroatoms. The number of hydrogen-bond donors (Lipinski definition) is 0. The van der Waals surface area contributed by atoms with Gasteiger partial charge < -0.3 is 9.47 Å². The Hall–Kier alpha value is -2.58. The first-order valence-corrected chi connectivity index (χ1v) is 8.22. The lowest BCUT2D eigenvalue weighted by molar-refractivity contribution is 0.272. The van der Waals surface area contributed by atoms with Crippen LogP contribution in [0.15, 0.2) is 53.5 Å². The van der Waals surface area contributed by atoms with Crippen LogP contribution in [0, 0.1) is 0 Å². The molecule has 0 amide bonds. The Bertz CT molecular complexity index is 730. The summed E-state index contributed by atoms with van der Waals surface area (Å²) < 4.78 is 11.6. The minimum Gasteiger partial charge on any atom is -0.493 e. The van der Waals surface area contributed by atoms with E-state index in [1.54, 1.807) is 13.2 Å². The van der Waals surface area contributed by atoms with Crippen LogP contribution in [0.4, 0.5) is 0 Å². The molecule has 2 aromatic carbocycles. The van der Waals surface area contributed by atoms with Crippen LogP contribution in [0.5, 0.6) is 11.5 Å². The van der Waals surface area contributed by atoms with Crippen LogP contribution in [0.3, 0.4) is 0 Å². The van der Waals surface area contributed by atoms with E-state index in [1.807, 2.05) is 48.5 Å². The summed E-state index contributed by atoms with van der Waals surface area (Å²) in [6.45, 7) is 0.440. The molecule has 1 saturated carbocycles. The standard InChI is InChI=1S/C20H21NO3/c1-23-18-11-7-10-17(20(21-15-22)12-5-6-13-20)19(18)24-14-16-8-3-2-4-9-16/h2-4,7-11H,5-6,12-14H2,1H3. The number of rotatable bonds is 6. The van der Waals surface area contributed by atoms with E-state index in [-0.39, 0.29) is 0 Å². The first-order valence-electron chi connectivity index (χ1n) is 8.22. The topological polar surface area (TPSA) is 47.9 Å². The number of aliphatic imine (C=N–C) groups is 1. The lowest BCUT2D eigenvalue weighted by Gasteiger charge is -2.26. The second-order valence-corrected chi connectivity index (χ2v) is 6.05. The minimum atomic E-state index is -0.539. The molecule has 0 saturated heterocycles. The number of ether oxygens (including phenoxy) is 2. The van der Waals surface area contributed by atoms with Crippen molar-refractivity contribution in [1.29, 1.82) is 0 Å². The second kappa shape index (κ2) is 7.33. The summed E-state index contributed by atoms with van der Waals surface area (Å²) in [6, 6.07) is 15.8. The van der Waals surface area contributed by atoms with Gasteiger partial charge in [0.05, 0.1) is 7.11 Å². The molecule has 0 aromatic heterocycles. The Morgan fingerprint density at radius 3 is 2.50 bits per heavy atom. The number of nitrogens with zero attached hydrogens (tertiary/aromatic N) is 1. The molecule has 24 heavy (non-hydrogen) atoms. The van der Waals surface area contributed by atoms with Crippen molar-refractivity contribution in [1.82, 2.24) is 0 Å². The summed E-state index contributed by atoms with van der Waals surface area (Å²) in [5.41, 5.74) is 1.45. The van der Waals surface area contributed by atoms with Crippen LogP contribution < -0.4 is 9.47 Å². The third kappa shape index (κ3) is 3.19. The van der Waals surface area contributed by atoms with E-state index in [9.17, 15) is 4.79 Å². The van der Waals surface area contributed by atoms with Crippen LogP contribution in [-0.2, 0) is 16.9 Å². The van der Waals surface area contributed by atoms with Crippen LogP contribution in [0.2, 0.25) is 0 Å². The van der Waals surface area contributed by atoms with Crippen molar-refractivity contribution < 1.29 is 14.3 Å². The first-order chi connectivity index (χ1) is 11.8. The first kappa shape index (κ1) is 16.3. The van der Waals surface area contributed by atoms with Crippen LogP contribution >= 0.6 is 0 Å². The fraction of sp³-hybridized carbons (Fsp3) is 0.350. The van der Waals surface area contributed by atoms with E-state index in [2.05, 4.69) is 4.99 Å². The molecule has 1 fully saturated rings. The Balaban J connectivity index is 1.98. The molecule has 4 nitrogen and oxygen atoms in total. The number of carbonyl (C=O) groups excluding carboxylic acids is 1. The Morgan fingerprint density at radius 1 is 1.08 bits per heavy atom. The summed E-state index contributed by atoms with van der Waals surface area (Å²) in [7, 11) is 1.62. The van der Waals surface area contributed by atoms with E-state index in [4.69, 9.17) is 9.47 Å². The second-order valence-electron chi connectivity index (χ2n) is 6.05. The summed E-state index contributed by atoms with van der Waals surface area (Å²) >= 11 is 0. The predicted molar refractivity (Wildman–Crippen MR) is 92.0 cm³/mol. The van der Waals surface area contributed by atoms with Crippen molar-refractivity contribution in [3.8, 4) is 11.5 Å². The summed E-state index contributed by atoms with van der Waals surface area (Å²) in [4.78, 5) is 15.2. The van der Waals surface area contributed by atoms with Gasteiger partial charge in [0.25, 0.3) is 0 Å². The van der Waals surface area contributed by atoms with Gasteiger partial charge in [-0.1, -0.05) is 55.3 Å². The average Bonchev–Trinajstić information content (AvgIpc) is 3.10. The highest BCUT2D eigenvalue weighted by atomic mass is 16.5. The van der Waals surface area contributed by atoms with Gasteiger partial charge in [0, 0.05) is 5.56 Å².